The van der Waals surface area contributed by atoms with Crippen LogP contribution in [0, 0.1) is 5.92 Å². The van der Waals surface area contributed by atoms with E-state index in [4.69, 9.17) is 0 Å². The molecule has 4 nitrogen and oxygen atoms in total. The van der Waals surface area contributed by atoms with Gasteiger partial charge in [-0.25, -0.2) is 4.98 Å². The highest BCUT2D eigenvalue weighted by Crippen LogP contribution is 2.22. The second kappa shape index (κ2) is 8.31. The van der Waals surface area contributed by atoms with Gasteiger partial charge in [0, 0.05) is 16.8 Å². The maximum Gasteiger partial charge on any atom is 0.262 e. The van der Waals surface area contributed by atoms with Gasteiger partial charge in [-0.15, -0.1) is 0 Å². The average Bonchev–Trinajstić information content (AvgIpc) is 2.47. The van der Waals surface area contributed by atoms with E-state index in [1.165, 1.54) is 0 Å². The Kier molecular flexibility index (Phi) is 6.68. The highest BCUT2D eigenvalue weighted by Gasteiger charge is 2.13. The largest absolute Gasteiger partial charge is 0.393 e. The first-order chi connectivity index (χ1) is 10.9. The number of rotatable bonds is 7. The number of fused-ring (bicyclic) bond motifs is 1. The lowest BCUT2D eigenvalue weighted by atomic mass is 10.2. The Bertz CT molecular complexity index is 728. The van der Waals surface area contributed by atoms with Crippen molar-refractivity contribution in [3.8, 4) is 0 Å². The summed E-state index contributed by atoms with van der Waals surface area (Å²) in [5.74, 6) is 1.22. The van der Waals surface area contributed by atoms with Gasteiger partial charge in [-0.05, 0) is 43.9 Å². The Balaban J connectivity index is 2.36. The van der Waals surface area contributed by atoms with Crippen molar-refractivity contribution >= 4 is 38.6 Å². The van der Waals surface area contributed by atoms with Crippen LogP contribution in [0.5, 0.6) is 0 Å². The van der Waals surface area contributed by atoms with Crippen molar-refractivity contribution in [3.63, 3.8) is 0 Å². The summed E-state index contributed by atoms with van der Waals surface area (Å²) < 4.78 is 2.67. The first kappa shape index (κ1) is 18.5. The Morgan fingerprint density at radius 1 is 1.35 bits per heavy atom. The summed E-state index contributed by atoms with van der Waals surface area (Å²) in [6.07, 6.45) is 1.38. The van der Waals surface area contributed by atoms with Gasteiger partial charge in [-0.1, -0.05) is 41.5 Å². The molecule has 0 unspecified atom stereocenters. The van der Waals surface area contributed by atoms with Gasteiger partial charge in [0.25, 0.3) is 5.56 Å². The molecule has 126 valence electrons. The Hall–Kier alpha value is -0.850. The SMILES string of the molecule is CC(C)Cn1c(SCCC[C@@H](C)O)nc2ccc(Br)cc2c1=O. The first-order valence-corrected chi connectivity index (χ1v) is 9.67. The molecule has 0 saturated carbocycles. The number of hydrogen-bond donors (Lipinski definition) is 1. The molecule has 0 amide bonds. The molecule has 2 aromatic rings. The minimum Gasteiger partial charge on any atom is -0.393 e. The maximum atomic E-state index is 12.8. The molecule has 0 spiro atoms. The predicted octanol–water partition coefficient (Wildman–Crippen LogP) is 4.07. The van der Waals surface area contributed by atoms with Gasteiger partial charge in [-0.3, -0.25) is 9.36 Å². The Labute approximate surface area is 149 Å². The van der Waals surface area contributed by atoms with Crippen molar-refractivity contribution in [2.45, 2.75) is 51.4 Å². The molecular weight excluding hydrogens is 376 g/mol. The zero-order valence-corrected chi connectivity index (χ0v) is 16.2. The lowest BCUT2D eigenvalue weighted by Crippen LogP contribution is -2.25. The van der Waals surface area contributed by atoms with Crippen LogP contribution < -0.4 is 5.56 Å². The Morgan fingerprint density at radius 3 is 2.74 bits per heavy atom. The van der Waals surface area contributed by atoms with Gasteiger partial charge < -0.3 is 5.11 Å². The van der Waals surface area contributed by atoms with E-state index in [0.29, 0.717) is 17.8 Å². The van der Waals surface area contributed by atoms with Crippen LogP contribution in [0.3, 0.4) is 0 Å². The van der Waals surface area contributed by atoms with Crippen LogP contribution >= 0.6 is 27.7 Å². The van der Waals surface area contributed by atoms with E-state index in [-0.39, 0.29) is 11.7 Å². The number of aromatic nitrogens is 2. The summed E-state index contributed by atoms with van der Waals surface area (Å²) in [5.41, 5.74) is 0.749. The highest BCUT2D eigenvalue weighted by molar-refractivity contribution is 9.10. The average molecular weight is 399 g/mol. The van der Waals surface area contributed by atoms with Gasteiger partial charge >= 0.3 is 0 Å². The number of nitrogens with zero attached hydrogens (tertiary/aromatic N) is 2. The molecule has 1 atom stereocenters. The topological polar surface area (TPSA) is 55.1 Å². The standard InChI is InChI=1S/C17H23BrN2O2S/c1-11(2)10-20-16(22)14-9-13(18)6-7-15(14)19-17(20)23-8-4-5-12(3)21/h6-7,9,11-12,21H,4-5,8,10H2,1-3H3/t12-/m1/s1. The van der Waals surface area contributed by atoms with E-state index >= 15 is 0 Å². The number of hydrogen-bond acceptors (Lipinski definition) is 4. The van der Waals surface area contributed by atoms with Crippen molar-refractivity contribution in [2.24, 2.45) is 5.92 Å². The van der Waals surface area contributed by atoms with Crippen LogP contribution in [-0.4, -0.2) is 26.5 Å². The summed E-state index contributed by atoms with van der Waals surface area (Å²) in [6.45, 7) is 6.65. The smallest absolute Gasteiger partial charge is 0.262 e. The molecule has 6 heteroatoms. The summed E-state index contributed by atoms with van der Waals surface area (Å²) in [4.78, 5) is 17.5. The maximum absolute atomic E-state index is 12.8. The van der Waals surface area contributed by atoms with E-state index in [0.717, 1.165) is 33.7 Å². The minimum absolute atomic E-state index is 0.0167. The molecule has 0 bridgehead atoms. The normalized spacial score (nSPS) is 13.0. The summed E-state index contributed by atoms with van der Waals surface area (Å²) in [5, 5.41) is 10.8. The lowest BCUT2D eigenvalue weighted by molar-refractivity contribution is 0.184. The molecule has 0 radical (unpaired) electrons. The second-order valence-corrected chi connectivity index (χ2v) is 8.18. The van der Waals surface area contributed by atoms with E-state index < -0.39 is 0 Å². The van der Waals surface area contributed by atoms with Gasteiger partial charge in [-0.2, -0.15) is 0 Å². The fourth-order valence-electron chi connectivity index (χ4n) is 2.35. The predicted molar refractivity (Wildman–Crippen MR) is 100 cm³/mol. The number of benzene rings is 1. The summed E-state index contributed by atoms with van der Waals surface area (Å²) >= 11 is 5.01. The quantitative estimate of drug-likeness (QED) is 0.433. The molecule has 0 aliphatic carbocycles. The van der Waals surface area contributed by atoms with Gasteiger partial charge in [0.05, 0.1) is 17.0 Å². The van der Waals surface area contributed by atoms with Crippen molar-refractivity contribution in [1.82, 2.24) is 9.55 Å². The molecule has 1 aromatic carbocycles. The van der Waals surface area contributed by atoms with E-state index in [1.807, 2.05) is 18.2 Å². The fraction of sp³-hybridized carbons (Fsp3) is 0.529. The number of aliphatic hydroxyl groups is 1. The molecule has 2 rings (SSSR count). The molecule has 1 aromatic heterocycles. The molecule has 0 fully saturated rings. The second-order valence-electron chi connectivity index (χ2n) is 6.21. The minimum atomic E-state index is -0.282. The monoisotopic (exact) mass is 398 g/mol. The van der Waals surface area contributed by atoms with E-state index in [1.54, 1.807) is 23.3 Å². The molecule has 0 aliphatic rings. The Morgan fingerprint density at radius 2 is 2.09 bits per heavy atom. The third-order valence-corrected chi connectivity index (χ3v) is 4.98. The molecular formula is C17H23BrN2O2S. The third kappa shape index (κ3) is 5.06. The molecule has 0 saturated heterocycles. The lowest BCUT2D eigenvalue weighted by Gasteiger charge is -2.15. The molecule has 1 N–H and O–H groups in total. The van der Waals surface area contributed by atoms with Crippen molar-refractivity contribution < 1.29 is 5.11 Å². The van der Waals surface area contributed by atoms with Crippen LogP contribution in [-0.2, 0) is 6.54 Å². The van der Waals surface area contributed by atoms with Crippen molar-refractivity contribution in [3.05, 3.63) is 33.0 Å². The van der Waals surface area contributed by atoms with Crippen LogP contribution in [0.1, 0.15) is 33.6 Å². The van der Waals surface area contributed by atoms with Gasteiger partial charge in [0.2, 0.25) is 0 Å². The first-order valence-electron chi connectivity index (χ1n) is 7.89. The number of aliphatic hydroxyl groups excluding tert-OH is 1. The van der Waals surface area contributed by atoms with Crippen LogP contribution in [0.25, 0.3) is 10.9 Å². The molecule has 0 aliphatic heterocycles. The van der Waals surface area contributed by atoms with E-state index in [2.05, 4.69) is 34.8 Å². The summed E-state index contributed by atoms with van der Waals surface area (Å²) in [7, 11) is 0. The number of halogens is 1. The van der Waals surface area contributed by atoms with Crippen molar-refractivity contribution in [1.29, 1.82) is 0 Å². The summed E-state index contributed by atoms with van der Waals surface area (Å²) in [6, 6.07) is 5.62. The zero-order chi connectivity index (χ0) is 17.0. The molecule has 23 heavy (non-hydrogen) atoms. The highest BCUT2D eigenvalue weighted by atomic mass is 79.9. The van der Waals surface area contributed by atoms with Crippen molar-refractivity contribution in [2.75, 3.05) is 5.75 Å². The van der Waals surface area contributed by atoms with Gasteiger partial charge in [0.1, 0.15) is 0 Å². The fourth-order valence-corrected chi connectivity index (χ4v) is 3.68. The zero-order valence-electron chi connectivity index (χ0n) is 13.8. The van der Waals surface area contributed by atoms with E-state index in [9.17, 15) is 9.90 Å². The third-order valence-electron chi connectivity index (χ3n) is 3.43. The van der Waals surface area contributed by atoms with Crippen LogP contribution in [0.4, 0.5) is 0 Å². The van der Waals surface area contributed by atoms with Gasteiger partial charge in [0.15, 0.2) is 5.16 Å². The van der Waals surface area contributed by atoms with Crippen LogP contribution in [0.2, 0.25) is 0 Å². The number of thioether (sulfide) groups is 1. The molecule has 1 heterocycles. The van der Waals surface area contributed by atoms with Crippen LogP contribution in [0.15, 0.2) is 32.6 Å².